The number of carboxylic acids is 1. The molecule has 7 heteroatoms. The molecule has 0 saturated heterocycles. The topological polar surface area (TPSA) is 93.4 Å². The number of carbonyl (C=O) groups excluding carboxylic acids is 1. The van der Waals surface area contributed by atoms with Gasteiger partial charge < -0.3 is 15.2 Å². The molecule has 0 saturated carbocycles. The third kappa shape index (κ3) is 4.47. The van der Waals surface area contributed by atoms with Gasteiger partial charge in [0.25, 0.3) is 0 Å². The fourth-order valence-corrected chi connectivity index (χ4v) is 2.52. The second-order valence-corrected chi connectivity index (χ2v) is 6.28. The summed E-state index contributed by atoms with van der Waals surface area (Å²) in [6, 6.07) is 5.48. The number of nitrogens with zero attached hydrogens (tertiary/aromatic N) is 2. The number of anilines is 1. The van der Waals surface area contributed by atoms with E-state index in [0.29, 0.717) is 11.6 Å². The number of aryl methyl sites for hydroxylation is 1. The third-order valence-corrected chi connectivity index (χ3v) is 3.50. The average molecular weight is 333 g/mol. The van der Waals surface area contributed by atoms with Crippen LogP contribution >= 0.6 is 0 Å². The van der Waals surface area contributed by atoms with Crippen molar-refractivity contribution in [3.8, 4) is 5.88 Å². The number of nitrogens with one attached hydrogen (secondary N) is 1. The van der Waals surface area contributed by atoms with Crippen molar-refractivity contribution in [2.24, 2.45) is 13.0 Å². The fourth-order valence-electron chi connectivity index (χ4n) is 2.52. The zero-order valence-electron chi connectivity index (χ0n) is 14.4. The van der Waals surface area contributed by atoms with Crippen LogP contribution in [0.2, 0.25) is 0 Å². The maximum absolute atomic E-state index is 12.1. The standard InChI is InChI=1S/C17H23N3O4/c1-10(2)24-17-13-9-12(5-6-14(13)20(4)19-17)18-15(21)7-11(3)8-16(22)23/h5-6,9-11H,7-8H2,1-4H3,(H,18,21)(H,22,23). The Labute approximate surface area is 140 Å². The van der Waals surface area contributed by atoms with E-state index in [1.54, 1.807) is 17.7 Å². The first-order valence-electron chi connectivity index (χ1n) is 7.91. The van der Waals surface area contributed by atoms with Gasteiger partial charge in [-0.15, -0.1) is 5.10 Å². The molecule has 0 aliphatic heterocycles. The van der Waals surface area contributed by atoms with Crippen LogP contribution in [-0.2, 0) is 16.6 Å². The summed E-state index contributed by atoms with van der Waals surface area (Å²) in [6.07, 6.45) is 0.131. The van der Waals surface area contributed by atoms with Gasteiger partial charge in [-0.05, 0) is 38.0 Å². The highest BCUT2D eigenvalue weighted by atomic mass is 16.5. The molecule has 0 aliphatic rings. The molecule has 7 nitrogen and oxygen atoms in total. The molecule has 0 spiro atoms. The minimum absolute atomic E-state index is 0.00165. The molecule has 24 heavy (non-hydrogen) atoms. The minimum Gasteiger partial charge on any atom is -0.481 e. The van der Waals surface area contributed by atoms with Crippen molar-refractivity contribution in [3.05, 3.63) is 18.2 Å². The lowest BCUT2D eigenvalue weighted by atomic mass is 10.0. The van der Waals surface area contributed by atoms with E-state index in [1.165, 1.54) is 0 Å². The molecule has 2 N–H and O–H groups in total. The predicted molar refractivity (Wildman–Crippen MR) is 91.1 cm³/mol. The van der Waals surface area contributed by atoms with Crippen molar-refractivity contribution >= 4 is 28.5 Å². The van der Waals surface area contributed by atoms with Crippen molar-refractivity contribution in [2.45, 2.75) is 39.7 Å². The molecular weight excluding hydrogens is 310 g/mol. The average Bonchev–Trinajstić information content (AvgIpc) is 2.73. The van der Waals surface area contributed by atoms with Gasteiger partial charge in [-0.1, -0.05) is 6.92 Å². The maximum atomic E-state index is 12.1. The summed E-state index contributed by atoms with van der Waals surface area (Å²) in [5, 5.41) is 16.7. The maximum Gasteiger partial charge on any atom is 0.303 e. The molecule has 2 aromatic rings. The third-order valence-electron chi connectivity index (χ3n) is 3.50. The summed E-state index contributed by atoms with van der Waals surface area (Å²) in [5.41, 5.74) is 1.54. The van der Waals surface area contributed by atoms with Crippen LogP contribution in [0.3, 0.4) is 0 Å². The number of hydrogen-bond donors (Lipinski definition) is 2. The number of fused-ring (bicyclic) bond motifs is 1. The molecular formula is C17H23N3O4. The Kier molecular flexibility index (Phi) is 5.43. The van der Waals surface area contributed by atoms with Gasteiger partial charge in [0.1, 0.15) is 0 Å². The van der Waals surface area contributed by atoms with Gasteiger partial charge in [0, 0.05) is 25.6 Å². The normalized spacial score (nSPS) is 12.4. The Bertz CT molecular complexity index is 752. The van der Waals surface area contributed by atoms with Crippen molar-refractivity contribution < 1.29 is 19.4 Å². The largest absolute Gasteiger partial charge is 0.481 e. The van der Waals surface area contributed by atoms with Crippen LogP contribution in [0.5, 0.6) is 5.88 Å². The Morgan fingerprint density at radius 3 is 2.62 bits per heavy atom. The van der Waals surface area contributed by atoms with Crippen LogP contribution in [-0.4, -0.2) is 32.9 Å². The van der Waals surface area contributed by atoms with Gasteiger partial charge >= 0.3 is 5.97 Å². The van der Waals surface area contributed by atoms with E-state index < -0.39 is 5.97 Å². The Balaban J connectivity index is 2.15. The van der Waals surface area contributed by atoms with Crippen molar-refractivity contribution in [1.29, 1.82) is 0 Å². The van der Waals surface area contributed by atoms with E-state index in [0.717, 1.165) is 10.9 Å². The predicted octanol–water partition coefficient (Wildman–Crippen LogP) is 2.80. The number of aromatic nitrogens is 2. The van der Waals surface area contributed by atoms with Crippen LogP contribution in [0, 0.1) is 5.92 Å². The number of ether oxygens (including phenoxy) is 1. The Morgan fingerprint density at radius 2 is 2.00 bits per heavy atom. The summed E-state index contributed by atoms with van der Waals surface area (Å²) in [6.45, 7) is 5.60. The molecule has 1 unspecified atom stereocenters. The monoisotopic (exact) mass is 333 g/mol. The lowest BCUT2D eigenvalue weighted by Gasteiger charge is -2.10. The highest BCUT2D eigenvalue weighted by molar-refractivity contribution is 5.95. The zero-order valence-corrected chi connectivity index (χ0v) is 14.4. The van der Waals surface area contributed by atoms with Crippen molar-refractivity contribution in [1.82, 2.24) is 9.78 Å². The molecule has 0 aliphatic carbocycles. The lowest BCUT2D eigenvalue weighted by molar-refractivity contribution is -0.138. The molecule has 1 atom stereocenters. The van der Waals surface area contributed by atoms with Crippen LogP contribution in [0.1, 0.15) is 33.6 Å². The van der Waals surface area contributed by atoms with E-state index in [-0.39, 0.29) is 30.8 Å². The minimum atomic E-state index is -0.900. The van der Waals surface area contributed by atoms with Crippen LogP contribution in [0.25, 0.3) is 10.9 Å². The molecule has 1 heterocycles. The van der Waals surface area contributed by atoms with Crippen molar-refractivity contribution in [3.63, 3.8) is 0 Å². The number of carboxylic acid groups (broad SMARTS) is 1. The van der Waals surface area contributed by atoms with Gasteiger partial charge in [-0.25, -0.2) is 0 Å². The fraction of sp³-hybridized carbons (Fsp3) is 0.471. The summed E-state index contributed by atoms with van der Waals surface area (Å²) in [5.74, 6) is -0.803. The molecule has 1 aromatic heterocycles. The smallest absolute Gasteiger partial charge is 0.303 e. The molecule has 2 rings (SSSR count). The number of carbonyl (C=O) groups is 2. The summed E-state index contributed by atoms with van der Waals surface area (Å²) in [4.78, 5) is 22.7. The molecule has 1 aromatic carbocycles. The van der Waals surface area contributed by atoms with E-state index in [4.69, 9.17) is 9.84 Å². The van der Waals surface area contributed by atoms with Gasteiger partial charge in [-0.3, -0.25) is 14.3 Å². The van der Waals surface area contributed by atoms with E-state index in [1.807, 2.05) is 33.0 Å². The zero-order chi connectivity index (χ0) is 17.9. The van der Waals surface area contributed by atoms with E-state index >= 15 is 0 Å². The van der Waals surface area contributed by atoms with E-state index in [9.17, 15) is 9.59 Å². The van der Waals surface area contributed by atoms with Gasteiger partial charge in [0.05, 0.1) is 17.0 Å². The lowest BCUT2D eigenvalue weighted by Crippen LogP contribution is -2.16. The van der Waals surface area contributed by atoms with Crippen LogP contribution < -0.4 is 10.1 Å². The SMILES string of the molecule is CC(CC(=O)O)CC(=O)Nc1ccc2c(c1)c(OC(C)C)nn2C. The number of amides is 1. The van der Waals surface area contributed by atoms with Crippen LogP contribution in [0.4, 0.5) is 5.69 Å². The summed E-state index contributed by atoms with van der Waals surface area (Å²) < 4.78 is 7.44. The number of hydrogen-bond acceptors (Lipinski definition) is 4. The first-order chi connectivity index (χ1) is 11.3. The number of benzene rings is 1. The second kappa shape index (κ2) is 7.33. The number of aliphatic carboxylic acids is 1. The Hall–Kier alpha value is -2.57. The highest BCUT2D eigenvalue weighted by Crippen LogP contribution is 2.28. The number of rotatable bonds is 7. The first-order valence-corrected chi connectivity index (χ1v) is 7.91. The molecule has 130 valence electrons. The van der Waals surface area contributed by atoms with Crippen LogP contribution in [0.15, 0.2) is 18.2 Å². The summed E-state index contributed by atoms with van der Waals surface area (Å²) in [7, 11) is 1.83. The Morgan fingerprint density at radius 1 is 1.29 bits per heavy atom. The van der Waals surface area contributed by atoms with Gasteiger partial charge in [0.15, 0.2) is 0 Å². The molecule has 0 bridgehead atoms. The quantitative estimate of drug-likeness (QED) is 0.812. The van der Waals surface area contributed by atoms with Gasteiger partial charge in [0.2, 0.25) is 11.8 Å². The molecule has 0 fully saturated rings. The van der Waals surface area contributed by atoms with E-state index in [2.05, 4.69) is 10.4 Å². The van der Waals surface area contributed by atoms with Crippen molar-refractivity contribution in [2.75, 3.05) is 5.32 Å². The van der Waals surface area contributed by atoms with Gasteiger partial charge in [-0.2, -0.15) is 0 Å². The molecule has 0 radical (unpaired) electrons. The highest BCUT2D eigenvalue weighted by Gasteiger charge is 2.15. The first kappa shape index (κ1) is 17.8. The second-order valence-electron chi connectivity index (χ2n) is 6.28. The molecule has 1 amide bonds. The summed E-state index contributed by atoms with van der Waals surface area (Å²) >= 11 is 0.